The van der Waals surface area contributed by atoms with Crippen molar-refractivity contribution in [2.24, 2.45) is 0 Å². The lowest BCUT2D eigenvalue weighted by molar-refractivity contribution is 0.0593. The summed E-state index contributed by atoms with van der Waals surface area (Å²) in [5.41, 5.74) is 0.455. The van der Waals surface area contributed by atoms with Crippen LogP contribution >= 0.6 is 23.2 Å². The Bertz CT molecular complexity index is 758. The Balaban J connectivity index is 2.22. The van der Waals surface area contributed by atoms with E-state index in [9.17, 15) is 9.59 Å². The number of nitrogens with zero attached hydrogens (tertiary/aromatic N) is 2. The predicted octanol–water partition coefficient (Wildman–Crippen LogP) is 3.82. The van der Waals surface area contributed by atoms with E-state index >= 15 is 0 Å². The molecule has 8 heteroatoms. The number of halogens is 2. The molecule has 1 aromatic heterocycles. The van der Waals surface area contributed by atoms with Crippen molar-refractivity contribution in [2.45, 2.75) is 26.4 Å². The topological polar surface area (TPSA) is 72.6 Å². The number of carbonyl (C=O) groups excluding carboxylic acids is 2. The van der Waals surface area contributed by atoms with Crippen LogP contribution in [0.2, 0.25) is 10.0 Å². The summed E-state index contributed by atoms with van der Waals surface area (Å²) in [6.07, 6.45) is 1.20. The van der Waals surface area contributed by atoms with Gasteiger partial charge in [-0.25, -0.2) is 9.78 Å². The quantitative estimate of drug-likeness (QED) is 0.748. The van der Waals surface area contributed by atoms with Gasteiger partial charge in [0.2, 0.25) is 5.89 Å². The van der Waals surface area contributed by atoms with E-state index < -0.39 is 5.97 Å². The molecule has 1 aromatic carbocycles. The number of hydrogen-bond donors (Lipinski definition) is 0. The molecule has 6 nitrogen and oxygen atoms in total. The van der Waals surface area contributed by atoms with Crippen molar-refractivity contribution in [3.05, 3.63) is 51.7 Å². The molecule has 24 heavy (non-hydrogen) atoms. The lowest BCUT2D eigenvalue weighted by atomic mass is 10.1. The minimum absolute atomic E-state index is 0.0539. The van der Waals surface area contributed by atoms with Gasteiger partial charge in [-0.1, -0.05) is 23.2 Å². The van der Waals surface area contributed by atoms with Crippen LogP contribution in [0.3, 0.4) is 0 Å². The highest BCUT2D eigenvalue weighted by atomic mass is 35.5. The van der Waals surface area contributed by atoms with Crippen molar-refractivity contribution in [1.29, 1.82) is 0 Å². The van der Waals surface area contributed by atoms with E-state index in [0.717, 1.165) is 0 Å². The molecule has 0 aliphatic carbocycles. The fourth-order valence-electron chi connectivity index (χ4n) is 2.01. The number of rotatable bonds is 5. The first kappa shape index (κ1) is 18.3. The van der Waals surface area contributed by atoms with E-state index in [-0.39, 0.29) is 30.1 Å². The van der Waals surface area contributed by atoms with Crippen LogP contribution in [0.25, 0.3) is 0 Å². The average molecular weight is 371 g/mol. The van der Waals surface area contributed by atoms with Crippen molar-refractivity contribution in [3.8, 4) is 0 Å². The lowest BCUT2D eigenvalue weighted by Crippen LogP contribution is -2.36. The first-order valence-corrected chi connectivity index (χ1v) is 7.87. The molecule has 0 unspecified atom stereocenters. The summed E-state index contributed by atoms with van der Waals surface area (Å²) in [5.74, 6) is -0.615. The number of oxazole rings is 1. The second-order valence-corrected chi connectivity index (χ2v) is 6.09. The Morgan fingerprint density at radius 3 is 2.58 bits per heavy atom. The number of carbonyl (C=O) groups is 2. The second-order valence-electron chi connectivity index (χ2n) is 5.27. The summed E-state index contributed by atoms with van der Waals surface area (Å²) < 4.78 is 9.82. The normalized spacial score (nSPS) is 10.8. The maximum Gasteiger partial charge on any atom is 0.360 e. The molecule has 0 radical (unpaired) electrons. The molecule has 0 N–H and O–H groups in total. The van der Waals surface area contributed by atoms with Crippen LogP contribution in [-0.4, -0.2) is 34.9 Å². The van der Waals surface area contributed by atoms with Gasteiger partial charge in [-0.3, -0.25) is 4.79 Å². The van der Waals surface area contributed by atoms with Crippen molar-refractivity contribution < 1.29 is 18.7 Å². The molecule has 0 fully saturated rings. The number of esters is 1. The second kappa shape index (κ2) is 7.68. The molecule has 128 valence electrons. The van der Waals surface area contributed by atoms with Crippen LogP contribution in [0.4, 0.5) is 0 Å². The van der Waals surface area contributed by atoms with Gasteiger partial charge in [-0.15, -0.1) is 0 Å². The van der Waals surface area contributed by atoms with Gasteiger partial charge < -0.3 is 14.1 Å². The number of ether oxygens (including phenoxy) is 1. The molecule has 0 spiro atoms. The Kier molecular flexibility index (Phi) is 5.85. The van der Waals surface area contributed by atoms with E-state index in [2.05, 4.69) is 9.72 Å². The first-order chi connectivity index (χ1) is 11.3. The summed E-state index contributed by atoms with van der Waals surface area (Å²) in [4.78, 5) is 29.7. The summed E-state index contributed by atoms with van der Waals surface area (Å²) in [6.45, 7) is 3.83. The number of amides is 1. The number of methoxy groups -OCH3 is 1. The van der Waals surface area contributed by atoms with Crippen LogP contribution in [0.15, 0.2) is 28.9 Å². The highest BCUT2D eigenvalue weighted by Crippen LogP contribution is 2.24. The zero-order valence-corrected chi connectivity index (χ0v) is 14.9. The first-order valence-electron chi connectivity index (χ1n) is 7.12. The summed E-state index contributed by atoms with van der Waals surface area (Å²) in [5, 5.41) is 0.676. The van der Waals surface area contributed by atoms with E-state index in [1.165, 1.54) is 19.4 Å². The van der Waals surface area contributed by atoms with E-state index in [1.54, 1.807) is 17.0 Å². The van der Waals surface area contributed by atoms with Gasteiger partial charge in [0.05, 0.1) is 23.7 Å². The smallest absolute Gasteiger partial charge is 0.360 e. The third-order valence-corrected chi connectivity index (χ3v) is 4.04. The molecule has 0 bridgehead atoms. The molecular weight excluding hydrogens is 355 g/mol. The number of benzene rings is 1. The Labute approximate surface area is 149 Å². The largest absolute Gasteiger partial charge is 0.464 e. The van der Waals surface area contributed by atoms with E-state index in [1.807, 2.05) is 13.8 Å². The monoisotopic (exact) mass is 370 g/mol. The van der Waals surface area contributed by atoms with Crippen molar-refractivity contribution in [2.75, 3.05) is 7.11 Å². The maximum absolute atomic E-state index is 12.7. The van der Waals surface area contributed by atoms with E-state index in [0.29, 0.717) is 15.6 Å². The Morgan fingerprint density at radius 2 is 2.00 bits per heavy atom. The molecule has 0 aliphatic rings. The van der Waals surface area contributed by atoms with Gasteiger partial charge in [0, 0.05) is 11.6 Å². The fraction of sp³-hybridized carbons (Fsp3) is 0.312. The molecule has 0 aliphatic heterocycles. The summed E-state index contributed by atoms with van der Waals surface area (Å²) >= 11 is 11.8. The fourth-order valence-corrected chi connectivity index (χ4v) is 2.31. The van der Waals surface area contributed by atoms with Crippen LogP contribution in [0.1, 0.15) is 40.6 Å². The maximum atomic E-state index is 12.7. The van der Waals surface area contributed by atoms with Gasteiger partial charge >= 0.3 is 5.97 Å². The molecule has 2 rings (SSSR count). The number of hydrogen-bond acceptors (Lipinski definition) is 5. The SMILES string of the molecule is COC(=O)c1coc(CN(C(=O)c2ccc(Cl)c(Cl)c2)C(C)C)n1. The zero-order chi connectivity index (χ0) is 17.9. The van der Waals surface area contributed by atoms with Crippen LogP contribution in [0.5, 0.6) is 0 Å². The number of aromatic nitrogens is 1. The van der Waals surface area contributed by atoms with Gasteiger partial charge in [0.25, 0.3) is 5.91 Å². The third kappa shape index (κ3) is 4.07. The average Bonchev–Trinajstić information content (AvgIpc) is 3.02. The minimum atomic E-state index is -0.600. The highest BCUT2D eigenvalue weighted by Gasteiger charge is 2.23. The molecule has 2 aromatic rings. The predicted molar refractivity (Wildman–Crippen MR) is 89.3 cm³/mol. The minimum Gasteiger partial charge on any atom is -0.464 e. The molecule has 0 atom stereocenters. The summed E-state index contributed by atoms with van der Waals surface area (Å²) in [7, 11) is 1.25. The van der Waals surface area contributed by atoms with Gasteiger partial charge in [-0.05, 0) is 32.0 Å². The molecule has 1 heterocycles. The zero-order valence-electron chi connectivity index (χ0n) is 13.4. The lowest BCUT2D eigenvalue weighted by Gasteiger charge is -2.25. The van der Waals surface area contributed by atoms with Crippen molar-refractivity contribution in [3.63, 3.8) is 0 Å². The molecular formula is C16H16Cl2N2O4. The van der Waals surface area contributed by atoms with Gasteiger partial charge in [-0.2, -0.15) is 0 Å². The molecule has 1 amide bonds. The van der Waals surface area contributed by atoms with Crippen molar-refractivity contribution >= 4 is 35.1 Å². The molecule has 0 saturated heterocycles. The van der Waals surface area contributed by atoms with Crippen LogP contribution < -0.4 is 0 Å². The standard InChI is InChI=1S/C16H16Cl2N2O4/c1-9(2)20(7-14-19-13(8-24-14)16(22)23-3)15(21)10-4-5-11(17)12(18)6-10/h4-6,8-9H,7H2,1-3H3. The van der Waals surface area contributed by atoms with Crippen LogP contribution in [0, 0.1) is 0 Å². The molecule has 0 saturated carbocycles. The van der Waals surface area contributed by atoms with Gasteiger partial charge in [0.1, 0.15) is 6.26 Å². The van der Waals surface area contributed by atoms with Crippen LogP contribution in [-0.2, 0) is 11.3 Å². The van der Waals surface area contributed by atoms with E-state index in [4.69, 9.17) is 27.6 Å². The van der Waals surface area contributed by atoms with Crippen molar-refractivity contribution in [1.82, 2.24) is 9.88 Å². The third-order valence-electron chi connectivity index (χ3n) is 3.30. The van der Waals surface area contributed by atoms with Gasteiger partial charge in [0.15, 0.2) is 5.69 Å². The Morgan fingerprint density at radius 1 is 1.29 bits per heavy atom. The highest BCUT2D eigenvalue weighted by molar-refractivity contribution is 6.42. The Hall–Kier alpha value is -2.05. The summed E-state index contributed by atoms with van der Waals surface area (Å²) in [6, 6.07) is 4.55.